The van der Waals surface area contributed by atoms with Gasteiger partial charge in [-0.15, -0.1) is 0 Å². The number of rotatable bonds is 3. The van der Waals surface area contributed by atoms with Gasteiger partial charge in [-0.05, 0) is 37.5 Å². The van der Waals surface area contributed by atoms with Gasteiger partial charge in [0.15, 0.2) is 6.10 Å². The fraction of sp³-hybridized carbons (Fsp3) is 0.533. The van der Waals surface area contributed by atoms with E-state index >= 15 is 0 Å². The topological polar surface area (TPSA) is 49.8 Å². The molecule has 4 heteroatoms. The number of carboxylic acids is 1. The number of carbonyl (C=O) groups is 1. The second-order valence-corrected chi connectivity index (χ2v) is 5.31. The van der Waals surface area contributed by atoms with Crippen molar-refractivity contribution in [3.05, 3.63) is 34.4 Å². The first kappa shape index (κ1) is 14.0. The molecular weight excluding hydrogens is 242 g/mol. The highest BCUT2D eigenvalue weighted by Gasteiger charge is 2.26. The number of morpholine rings is 1. The molecule has 0 radical (unpaired) electrons. The van der Waals surface area contributed by atoms with E-state index in [1.54, 1.807) is 0 Å². The SMILES string of the molecule is Cc1cc(C)c(CN2CCOC(C(=O)O)C2)c(C)c1. The number of benzene rings is 1. The van der Waals surface area contributed by atoms with E-state index in [-0.39, 0.29) is 0 Å². The Bertz CT molecular complexity index is 461. The summed E-state index contributed by atoms with van der Waals surface area (Å²) in [6, 6.07) is 4.36. The molecular formula is C15H21NO3. The van der Waals surface area contributed by atoms with Crippen LogP contribution in [0.15, 0.2) is 12.1 Å². The van der Waals surface area contributed by atoms with Crippen LogP contribution in [0.3, 0.4) is 0 Å². The van der Waals surface area contributed by atoms with Crippen molar-refractivity contribution in [1.29, 1.82) is 0 Å². The maximum absolute atomic E-state index is 11.0. The number of aryl methyl sites for hydroxylation is 3. The van der Waals surface area contributed by atoms with Crippen LogP contribution < -0.4 is 0 Å². The molecule has 1 atom stereocenters. The lowest BCUT2D eigenvalue weighted by atomic mass is 9.99. The fourth-order valence-corrected chi connectivity index (χ4v) is 2.68. The molecule has 0 saturated carbocycles. The van der Waals surface area contributed by atoms with Gasteiger partial charge >= 0.3 is 5.97 Å². The minimum absolute atomic E-state index is 0.460. The van der Waals surface area contributed by atoms with Crippen LogP contribution >= 0.6 is 0 Å². The molecule has 1 heterocycles. The smallest absolute Gasteiger partial charge is 0.334 e. The van der Waals surface area contributed by atoms with Crippen molar-refractivity contribution in [3.63, 3.8) is 0 Å². The zero-order valence-electron chi connectivity index (χ0n) is 11.8. The number of hydrogen-bond donors (Lipinski definition) is 1. The summed E-state index contributed by atoms with van der Waals surface area (Å²) >= 11 is 0. The van der Waals surface area contributed by atoms with Gasteiger partial charge in [-0.25, -0.2) is 4.79 Å². The molecule has 1 aromatic rings. The molecule has 1 aromatic carbocycles. The average Bonchev–Trinajstić information content (AvgIpc) is 2.34. The average molecular weight is 263 g/mol. The predicted octanol–water partition coefficient (Wildman–Crippen LogP) is 1.90. The second-order valence-electron chi connectivity index (χ2n) is 5.31. The van der Waals surface area contributed by atoms with Crippen LogP contribution in [0.4, 0.5) is 0 Å². The van der Waals surface area contributed by atoms with Crippen LogP contribution in [0.5, 0.6) is 0 Å². The van der Waals surface area contributed by atoms with E-state index in [1.807, 2.05) is 0 Å². The van der Waals surface area contributed by atoms with Gasteiger partial charge < -0.3 is 9.84 Å². The van der Waals surface area contributed by atoms with Crippen LogP contribution in [-0.4, -0.2) is 41.8 Å². The zero-order chi connectivity index (χ0) is 14.0. The molecule has 1 N–H and O–H groups in total. The normalized spacial score (nSPS) is 20.5. The maximum Gasteiger partial charge on any atom is 0.334 e. The van der Waals surface area contributed by atoms with E-state index in [9.17, 15) is 4.79 Å². The summed E-state index contributed by atoms with van der Waals surface area (Å²) in [6.07, 6.45) is -0.695. The largest absolute Gasteiger partial charge is 0.479 e. The van der Waals surface area contributed by atoms with E-state index in [0.29, 0.717) is 13.2 Å². The fourth-order valence-electron chi connectivity index (χ4n) is 2.68. The van der Waals surface area contributed by atoms with Crippen molar-refractivity contribution in [2.45, 2.75) is 33.4 Å². The Morgan fingerprint density at radius 3 is 2.58 bits per heavy atom. The van der Waals surface area contributed by atoms with Crippen LogP contribution in [0.2, 0.25) is 0 Å². The summed E-state index contributed by atoms with van der Waals surface area (Å²) in [7, 11) is 0. The van der Waals surface area contributed by atoms with Crippen molar-refractivity contribution in [2.75, 3.05) is 19.7 Å². The van der Waals surface area contributed by atoms with Gasteiger partial charge in [0.1, 0.15) is 0 Å². The predicted molar refractivity (Wildman–Crippen MR) is 73.3 cm³/mol. The number of ether oxygens (including phenoxy) is 1. The van der Waals surface area contributed by atoms with Crippen molar-refractivity contribution in [2.24, 2.45) is 0 Å². The highest BCUT2D eigenvalue weighted by atomic mass is 16.5. The Kier molecular flexibility index (Phi) is 4.22. The number of nitrogens with zero attached hydrogens (tertiary/aromatic N) is 1. The standard InChI is InChI=1S/C15H21NO3/c1-10-6-11(2)13(12(3)7-10)8-16-4-5-19-14(9-16)15(17)18/h6-7,14H,4-5,8-9H2,1-3H3,(H,17,18). The molecule has 0 aromatic heterocycles. The quantitative estimate of drug-likeness (QED) is 0.905. The van der Waals surface area contributed by atoms with E-state index in [4.69, 9.17) is 9.84 Å². The Hall–Kier alpha value is -1.39. The van der Waals surface area contributed by atoms with E-state index in [2.05, 4.69) is 37.8 Å². The lowest BCUT2D eigenvalue weighted by molar-refractivity contribution is -0.156. The van der Waals surface area contributed by atoms with Gasteiger partial charge in [-0.3, -0.25) is 4.90 Å². The third-order valence-electron chi connectivity index (χ3n) is 3.65. The monoisotopic (exact) mass is 263 g/mol. The number of carboxylic acid groups (broad SMARTS) is 1. The van der Waals surface area contributed by atoms with Crippen molar-refractivity contribution in [3.8, 4) is 0 Å². The Labute approximate surface area is 114 Å². The first-order chi connectivity index (χ1) is 8.97. The Morgan fingerprint density at radius 1 is 1.37 bits per heavy atom. The first-order valence-corrected chi connectivity index (χ1v) is 6.61. The number of aliphatic carboxylic acids is 1. The molecule has 1 unspecified atom stereocenters. The highest BCUT2D eigenvalue weighted by molar-refractivity contribution is 5.72. The van der Waals surface area contributed by atoms with Gasteiger partial charge in [0.05, 0.1) is 6.61 Å². The summed E-state index contributed by atoms with van der Waals surface area (Å²) in [5.41, 5.74) is 5.12. The van der Waals surface area contributed by atoms with Crippen molar-refractivity contribution < 1.29 is 14.6 Å². The molecule has 1 saturated heterocycles. The second kappa shape index (κ2) is 5.72. The van der Waals surface area contributed by atoms with Gasteiger partial charge in [-0.1, -0.05) is 17.7 Å². The van der Waals surface area contributed by atoms with Crippen LogP contribution in [0, 0.1) is 20.8 Å². The molecule has 19 heavy (non-hydrogen) atoms. The molecule has 2 rings (SSSR count). The molecule has 0 amide bonds. The van der Waals surface area contributed by atoms with E-state index in [1.165, 1.54) is 22.3 Å². The molecule has 1 aliphatic heterocycles. The van der Waals surface area contributed by atoms with E-state index < -0.39 is 12.1 Å². The molecule has 1 fully saturated rings. The first-order valence-electron chi connectivity index (χ1n) is 6.61. The number of hydrogen-bond acceptors (Lipinski definition) is 3. The molecule has 0 aliphatic carbocycles. The molecule has 0 spiro atoms. The maximum atomic E-state index is 11.0. The summed E-state index contributed by atoms with van der Waals surface area (Å²) in [4.78, 5) is 13.1. The van der Waals surface area contributed by atoms with Crippen LogP contribution in [-0.2, 0) is 16.1 Å². The third-order valence-corrected chi connectivity index (χ3v) is 3.65. The molecule has 1 aliphatic rings. The third kappa shape index (κ3) is 3.33. The minimum Gasteiger partial charge on any atom is -0.479 e. The lowest BCUT2D eigenvalue weighted by Crippen LogP contribution is -2.45. The minimum atomic E-state index is -0.873. The van der Waals surface area contributed by atoms with Crippen molar-refractivity contribution in [1.82, 2.24) is 4.90 Å². The molecule has 0 bridgehead atoms. The summed E-state index contributed by atoms with van der Waals surface area (Å²) < 4.78 is 5.25. The van der Waals surface area contributed by atoms with Gasteiger partial charge in [0.25, 0.3) is 0 Å². The molecule has 4 nitrogen and oxygen atoms in total. The van der Waals surface area contributed by atoms with Crippen molar-refractivity contribution >= 4 is 5.97 Å². The Balaban J connectivity index is 2.11. The van der Waals surface area contributed by atoms with Gasteiger partial charge in [-0.2, -0.15) is 0 Å². The van der Waals surface area contributed by atoms with Gasteiger partial charge in [0.2, 0.25) is 0 Å². The summed E-state index contributed by atoms with van der Waals surface area (Å²) in [6.45, 7) is 8.86. The molecule has 104 valence electrons. The lowest BCUT2D eigenvalue weighted by Gasteiger charge is -2.31. The summed E-state index contributed by atoms with van der Waals surface area (Å²) in [5, 5.41) is 9.02. The zero-order valence-corrected chi connectivity index (χ0v) is 11.8. The summed E-state index contributed by atoms with van der Waals surface area (Å²) in [5.74, 6) is -0.873. The van der Waals surface area contributed by atoms with Crippen LogP contribution in [0.1, 0.15) is 22.3 Å². The van der Waals surface area contributed by atoms with Gasteiger partial charge in [0, 0.05) is 19.6 Å². The Morgan fingerprint density at radius 2 is 2.00 bits per heavy atom. The van der Waals surface area contributed by atoms with E-state index in [0.717, 1.165) is 13.1 Å². The highest BCUT2D eigenvalue weighted by Crippen LogP contribution is 2.19. The van der Waals surface area contributed by atoms with Crippen LogP contribution in [0.25, 0.3) is 0 Å².